The molecule has 11 heavy (non-hydrogen) atoms. The third-order valence-corrected chi connectivity index (χ3v) is 1.46. The lowest BCUT2D eigenvalue weighted by atomic mass is 10.3. The lowest BCUT2D eigenvalue weighted by molar-refractivity contribution is 1.48. The molecule has 0 spiro atoms. The van der Waals surface area contributed by atoms with Crippen molar-refractivity contribution < 1.29 is 0 Å². The van der Waals surface area contributed by atoms with E-state index in [1.165, 1.54) is 10.9 Å². The summed E-state index contributed by atoms with van der Waals surface area (Å²) in [6.45, 7) is 0. The van der Waals surface area contributed by atoms with Crippen molar-refractivity contribution in [2.75, 3.05) is 0 Å². The zero-order chi connectivity index (χ0) is 8.10. The summed E-state index contributed by atoms with van der Waals surface area (Å²) >= 11 is 0. The molecule has 1 aromatic heterocycles. The summed E-state index contributed by atoms with van der Waals surface area (Å²) in [6, 6.07) is 10.3. The highest BCUT2D eigenvalue weighted by Gasteiger charge is 1.86. The number of rotatable bonds is 0. The first-order valence-electron chi connectivity index (χ1n) is 3.13. The molecule has 2 rings (SSSR count). The Morgan fingerprint density at radius 3 is 2.45 bits per heavy atom. The molecule has 2 aromatic rings. The molecule has 0 amide bonds. The van der Waals surface area contributed by atoms with E-state index in [1.807, 2.05) is 18.3 Å². The molecule has 0 aliphatic rings. The van der Waals surface area contributed by atoms with E-state index < -0.39 is 0 Å². The average molecular weight is 188 g/mol. The summed E-state index contributed by atoms with van der Waals surface area (Å²) < 4.78 is 0. The second-order valence-corrected chi connectivity index (χ2v) is 2.06. The largest absolute Gasteiger partial charge is 0.361 e. The number of H-pyrrole nitrogens is 1. The number of hydrogen-bond donors (Lipinski definition) is 1. The van der Waals surface area contributed by atoms with Gasteiger partial charge in [0.15, 0.2) is 0 Å². The van der Waals surface area contributed by atoms with Gasteiger partial charge in [0.05, 0.1) is 0 Å². The van der Waals surface area contributed by atoms with Crippen molar-refractivity contribution >= 4 is 32.6 Å². The summed E-state index contributed by atoms with van der Waals surface area (Å²) in [7, 11) is 8.22. The van der Waals surface area contributed by atoms with Crippen molar-refractivity contribution in [2.45, 2.75) is 0 Å². The van der Waals surface area contributed by atoms with Crippen molar-refractivity contribution in [3.05, 3.63) is 36.5 Å². The number of aromatic amines is 1. The van der Waals surface area contributed by atoms with Crippen LogP contribution < -0.4 is 0 Å². The molecule has 0 saturated carbocycles. The number of benzene rings is 1. The van der Waals surface area contributed by atoms with Gasteiger partial charge < -0.3 is 4.98 Å². The molecule has 0 aliphatic carbocycles. The lowest BCUT2D eigenvalue weighted by Gasteiger charge is -1.83. The normalized spacial score (nSPS) is 8.91. The zero-order valence-electron chi connectivity index (χ0n) is 5.72. The molecule has 1 N–H and O–H groups in total. The Morgan fingerprint density at radius 1 is 1.00 bits per heavy atom. The van der Waals surface area contributed by atoms with Gasteiger partial charge in [0.25, 0.3) is 0 Å². The number of hydrogen-bond acceptors (Lipinski definition) is 0. The van der Waals surface area contributed by atoms with Gasteiger partial charge in [-0.1, -0.05) is 18.2 Å². The molecule has 1 nitrogen and oxygen atoms in total. The van der Waals surface area contributed by atoms with Crippen LogP contribution in [0.3, 0.4) is 0 Å². The van der Waals surface area contributed by atoms with E-state index in [4.69, 9.17) is 0 Å². The molecule has 0 aliphatic heterocycles. The summed E-state index contributed by atoms with van der Waals surface area (Å²) in [6.07, 6.45) is 1.95. The lowest BCUT2D eigenvalue weighted by Crippen LogP contribution is -1.61. The number of para-hydroxylation sites is 1. The minimum atomic E-state index is 1.21. The standard InChI is InChI=1S/C8H7N.Cl2/c1-2-4-8-7(3-1)5-6-9-8;1-2/h1-6,9H;. The predicted octanol–water partition coefficient (Wildman–Crippen LogP) is 3.55. The van der Waals surface area contributed by atoms with E-state index >= 15 is 0 Å². The van der Waals surface area contributed by atoms with Gasteiger partial charge in [0, 0.05) is 33.4 Å². The fourth-order valence-electron chi connectivity index (χ4n) is 0.995. The monoisotopic (exact) mass is 187 g/mol. The Hall–Kier alpha value is -0.660. The van der Waals surface area contributed by atoms with Crippen LogP contribution in [0.25, 0.3) is 10.9 Å². The van der Waals surface area contributed by atoms with Crippen molar-refractivity contribution in [2.24, 2.45) is 0 Å². The molecule has 58 valence electrons. The van der Waals surface area contributed by atoms with Gasteiger partial charge in [0.1, 0.15) is 0 Å². The number of halogens is 2. The minimum Gasteiger partial charge on any atom is -0.361 e. The van der Waals surface area contributed by atoms with E-state index in [0.29, 0.717) is 0 Å². The molecule has 3 heteroatoms. The highest BCUT2D eigenvalue weighted by molar-refractivity contribution is 6.85. The smallest absolute Gasteiger partial charge is 0.0453 e. The minimum absolute atomic E-state index is 1.21. The van der Waals surface area contributed by atoms with Gasteiger partial charge in [-0.2, -0.15) is 0 Å². The molecular weight excluding hydrogens is 181 g/mol. The quantitative estimate of drug-likeness (QED) is 0.650. The molecule has 0 atom stereocenters. The van der Waals surface area contributed by atoms with Crippen molar-refractivity contribution in [3.8, 4) is 0 Å². The Labute approximate surface area is 74.5 Å². The van der Waals surface area contributed by atoms with Crippen LogP contribution in [0.15, 0.2) is 36.5 Å². The summed E-state index contributed by atoms with van der Waals surface area (Å²) in [4.78, 5) is 3.12. The molecule has 0 bridgehead atoms. The molecule has 1 aromatic carbocycles. The highest BCUT2D eigenvalue weighted by atomic mass is 36.5. The van der Waals surface area contributed by atoms with Crippen LogP contribution >= 0.6 is 21.7 Å². The molecule has 0 saturated heterocycles. The summed E-state index contributed by atoms with van der Waals surface area (Å²) in [5, 5.41) is 1.28. The van der Waals surface area contributed by atoms with Crippen LogP contribution in [-0.2, 0) is 0 Å². The first-order valence-corrected chi connectivity index (χ1v) is 4.27. The van der Waals surface area contributed by atoms with Crippen LogP contribution in [-0.4, -0.2) is 4.98 Å². The van der Waals surface area contributed by atoms with Gasteiger partial charge in [-0.3, -0.25) is 0 Å². The molecular formula is C8H7Cl2N. The van der Waals surface area contributed by atoms with Crippen LogP contribution in [0, 0.1) is 0 Å². The third kappa shape index (κ3) is 1.88. The fourth-order valence-corrected chi connectivity index (χ4v) is 0.995. The number of aromatic nitrogens is 1. The number of nitrogens with one attached hydrogen (secondary N) is 1. The Bertz CT molecular complexity index is 286. The first kappa shape index (κ1) is 8.44. The fraction of sp³-hybridized carbons (Fsp3) is 0. The first-order chi connectivity index (χ1) is 5.47. The zero-order valence-corrected chi connectivity index (χ0v) is 7.23. The second kappa shape index (κ2) is 4.27. The molecule has 0 unspecified atom stereocenters. The van der Waals surface area contributed by atoms with E-state index in [9.17, 15) is 0 Å². The Morgan fingerprint density at radius 2 is 1.73 bits per heavy atom. The summed E-state index contributed by atoms with van der Waals surface area (Å²) in [5.74, 6) is 0. The highest BCUT2D eigenvalue weighted by Crippen LogP contribution is 2.09. The van der Waals surface area contributed by atoms with Crippen molar-refractivity contribution in [1.82, 2.24) is 4.98 Å². The van der Waals surface area contributed by atoms with Gasteiger partial charge in [0.2, 0.25) is 0 Å². The van der Waals surface area contributed by atoms with Crippen LogP contribution in [0.5, 0.6) is 0 Å². The maximum Gasteiger partial charge on any atom is 0.0453 e. The van der Waals surface area contributed by atoms with Gasteiger partial charge in [-0.25, -0.2) is 0 Å². The predicted molar refractivity (Wildman–Crippen MR) is 50.0 cm³/mol. The van der Waals surface area contributed by atoms with Crippen LogP contribution in [0.4, 0.5) is 0 Å². The SMILES string of the molecule is ClCl.c1ccc2[nH]ccc2c1. The van der Waals surface area contributed by atoms with E-state index in [1.54, 1.807) is 0 Å². The van der Waals surface area contributed by atoms with Crippen LogP contribution in [0.1, 0.15) is 0 Å². The number of fused-ring (bicyclic) bond motifs is 1. The van der Waals surface area contributed by atoms with Crippen LogP contribution in [0.2, 0.25) is 0 Å². The Kier molecular flexibility index (Phi) is 3.27. The average Bonchev–Trinajstić information content (AvgIpc) is 2.55. The van der Waals surface area contributed by atoms with Gasteiger partial charge >= 0.3 is 0 Å². The van der Waals surface area contributed by atoms with E-state index in [-0.39, 0.29) is 0 Å². The maximum absolute atomic E-state index is 4.11. The van der Waals surface area contributed by atoms with Gasteiger partial charge in [-0.15, -0.1) is 0 Å². The molecule has 0 radical (unpaired) electrons. The van der Waals surface area contributed by atoms with Gasteiger partial charge in [-0.05, 0) is 17.5 Å². The second-order valence-electron chi connectivity index (χ2n) is 2.06. The summed E-state index contributed by atoms with van der Waals surface area (Å²) in [5.41, 5.74) is 1.21. The topological polar surface area (TPSA) is 15.8 Å². The van der Waals surface area contributed by atoms with Crippen molar-refractivity contribution in [1.29, 1.82) is 0 Å². The van der Waals surface area contributed by atoms with E-state index in [2.05, 4.69) is 44.9 Å². The molecule has 0 fully saturated rings. The maximum atomic E-state index is 4.11. The molecule has 1 heterocycles. The van der Waals surface area contributed by atoms with Crippen molar-refractivity contribution in [3.63, 3.8) is 0 Å². The Balaban J connectivity index is 0.000000281. The van der Waals surface area contributed by atoms with E-state index in [0.717, 1.165) is 0 Å². The third-order valence-electron chi connectivity index (χ3n) is 1.46.